The molecule has 0 aliphatic heterocycles. The second kappa shape index (κ2) is 35.7. The summed E-state index contributed by atoms with van der Waals surface area (Å²) < 4.78 is 18.9. The Labute approximate surface area is 754 Å². The number of hydrogen-bond acceptors (Lipinski definition) is 24. The fraction of sp³-hybridized carbons (Fsp3) is 0.0495. The molecule has 0 fully saturated rings. The summed E-state index contributed by atoms with van der Waals surface area (Å²) in [6.45, 7) is 0. The minimum atomic E-state index is 0. The van der Waals surface area contributed by atoms with Crippen LogP contribution in [-0.4, -0.2) is 119 Å². The van der Waals surface area contributed by atoms with E-state index < -0.39 is 0 Å². The summed E-state index contributed by atoms with van der Waals surface area (Å²) in [6, 6.07) is 78.9. The second-order valence-corrected chi connectivity index (χ2v) is 33.8. The largest absolute Gasteiger partial charge is 0.508 e. The molecule has 24 nitrogen and oxygen atoms in total. The van der Waals surface area contributed by atoms with E-state index in [1.54, 1.807) is 258 Å². The first-order valence-corrected chi connectivity index (χ1v) is 43.6. The van der Waals surface area contributed by atoms with Gasteiger partial charge < -0.3 is 61.3 Å². The van der Waals surface area contributed by atoms with Crippen LogP contribution in [0, 0.1) is 0 Å². The molecule has 12 aromatic heterocycles. The average Bonchev–Trinajstić information content (AvgIpc) is 1.62. The van der Waals surface area contributed by atoms with Crippen LogP contribution in [0.4, 0.5) is 0 Å². The number of imidazole rings is 4. The Hall–Kier alpha value is -16.4. The van der Waals surface area contributed by atoms with Gasteiger partial charge in [0.05, 0.1) is 32.5 Å². The first-order valence-electron chi connectivity index (χ1n) is 41.0. The van der Waals surface area contributed by atoms with Gasteiger partial charge in [0.15, 0.2) is 22.6 Å². The zero-order valence-electron chi connectivity index (χ0n) is 69.2. The van der Waals surface area contributed by atoms with Crippen LogP contribution in [0.25, 0.3) is 131 Å². The second-order valence-electron chi connectivity index (χ2n) is 30.0. The summed E-state index contributed by atoms with van der Waals surface area (Å²) in [5.74, 6) is 1.69. The minimum Gasteiger partial charge on any atom is -0.508 e. The molecule has 0 atom stereocenters. The summed E-state index contributed by atoms with van der Waals surface area (Å²) in [5, 5.41) is 131. The van der Waals surface area contributed by atoms with Crippen LogP contribution >= 0.6 is 45.3 Å². The summed E-state index contributed by atoms with van der Waals surface area (Å²) in [4.78, 5) is 40.4. The molecule has 0 bridgehead atoms. The highest BCUT2D eigenvalue weighted by molar-refractivity contribution is 7.22. The first-order chi connectivity index (χ1) is 63.3. The highest BCUT2D eigenvalue weighted by Crippen LogP contribution is 2.43. The summed E-state index contributed by atoms with van der Waals surface area (Å²) in [7, 11) is 0. The average molecular weight is 1780 g/mol. The number of aromatic nitrogens is 12. The van der Waals surface area contributed by atoms with Crippen molar-refractivity contribution in [2.45, 2.75) is 33.1 Å². The molecule has 0 saturated heterocycles. The SMILES string of the molecule is C.Oc1ccc(Cc2nc3c(-c4cc5ccccc5s4)nc(-c4ccc(O)cc4)cn3c2O)cc1.Oc1ccc(Cc2nc3c(-c4cccs4)nc(-c4ccc(O)cc4)cn3c2O)cc1.Oc1ccc(Cc2nc3c(-c4ccsc4)nc(-c4ccc(O)cc4)cn3c2O)cc1.Oc1ccc(Cc2nc3c(-c4csc5ccccc45)nc(-c4ccc(O)cc4)cn3c2O)cc1.[2H][3H]. The molecule has 0 aliphatic carbocycles. The molecular formula is C101H78N12O12S4. The van der Waals surface area contributed by atoms with Crippen LogP contribution in [0.1, 0.15) is 55.4 Å². The maximum atomic E-state index is 11.1. The van der Waals surface area contributed by atoms with Crippen LogP contribution in [0.3, 0.4) is 0 Å². The smallest absolute Gasteiger partial charge is 0.219 e. The van der Waals surface area contributed by atoms with Crippen molar-refractivity contribution in [1.29, 1.82) is 0 Å². The standard InChI is InChI=1S/2C27H19N3O3S.2C23H17N3O3S.CH4.H2/c31-18-9-5-16(6-10-18)13-22-27(33)30-14-23(17-7-11-19(32)12-8-17)28-25(26(30)29-22)21-15-34-24-4-2-1-3-20(21)24;31-19-9-5-16(6-10-19)13-21-27(33)30-15-22(17-7-11-20(32)12-8-17)28-25(26(30)29-21)24-14-18-3-1-2-4-23(18)34-24;27-17-5-1-14(2-6-17)11-19-23(29)26-12-20(15-3-7-18(28)8-4-15)24-21(22(26)25-19)16-9-10-30-13-16;27-16-7-3-14(4-8-16)12-18-23(29)26-13-19(15-5-9-17(28)10-6-15)24-21(22(26)25-18)20-2-1-11-30-20;;/h2*1-12,14-15,31-33H,13H2;1-10,12-13,27-29H,11H2;1-11,13,27-29H,12H2;1H4;1H/i;;;;;1+2D. The fourth-order valence-corrected chi connectivity index (χ4v) is 18.2. The van der Waals surface area contributed by atoms with Crippen molar-refractivity contribution < 1.29 is 64.2 Å². The summed E-state index contributed by atoms with van der Waals surface area (Å²) >= 11 is 6.38. The number of nitrogens with zero attached hydrogens (tertiary/aromatic N) is 12. The highest BCUT2D eigenvalue weighted by Gasteiger charge is 2.26. The van der Waals surface area contributed by atoms with Gasteiger partial charge >= 0.3 is 0 Å². The van der Waals surface area contributed by atoms with Crippen molar-refractivity contribution in [2.24, 2.45) is 0 Å². The molecule has 0 unspecified atom stereocenters. The maximum Gasteiger partial charge on any atom is 0.219 e. The van der Waals surface area contributed by atoms with Crippen LogP contribution < -0.4 is 0 Å². The van der Waals surface area contributed by atoms with Gasteiger partial charge in [-0.25, -0.2) is 39.9 Å². The number of fused-ring (bicyclic) bond motifs is 6. The Bertz CT molecular complexity index is 7560. The van der Waals surface area contributed by atoms with E-state index >= 15 is 0 Å². The Morgan fingerprint density at radius 3 is 0.969 bits per heavy atom. The first kappa shape index (κ1) is 82.2. The molecule has 12 heterocycles. The molecule has 0 aliphatic rings. The van der Waals surface area contributed by atoms with Gasteiger partial charge in [-0.15, -0.1) is 34.0 Å². The lowest BCUT2D eigenvalue weighted by atomic mass is 10.1. The van der Waals surface area contributed by atoms with E-state index in [1.807, 2.05) is 82.9 Å². The minimum absolute atomic E-state index is 0. The van der Waals surface area contributed by atoms with E-state index in [1.165, 1.54) is 0 Å². The zero-order valence-corrected chi connectivity index (χ0v) is 70.5. The summed E-state index contributed by atoms with van der Waals surface area (Å²) in [6.07, 6.45) is 8.70. The Balaban J connectivity index is 0.000000121. The number of rotatable bonds is 16. The molecule has 129 heavy (non-hydrogen) atoms. The number of phenolic OH excluding ortho intramolecular Hbond substituents is 8. The topological polar surface area (TPSA) is 364 Å². The van der Waals surface area contributed by atoms with Gasteiger partial charge in [0.1, 0.15) is 91.5 Å². The Kier molecular flexibility index (Phi) is 22.7. The van der Waals surface area contributed by atoms with E-state index in [2.05, 4.69) is 45.7 Å². The molecule has 0 spiro atoms. The van der Waals surface area contributed by atoms with Crippen LogP contribution in [0.5, 0.6) is 69.5 Å². The predicted octanol–water partition coefficient (Wildman–Crippen LogP) is 22.5. The molecule has 12 N–H and O–H groups in total. The van der Waals surface area contributed by atoms with Crippen molar-refractivity contribution in [2.75, 3.05) is 0 Å². The molecule has 0 saturated carbocycles. The van der Waals surface area contributed by atoms with Gasteiger partial charge in [-0.05, 0) is 214 Å². The Morgan fingerprint density at radius 2 is 0.612 bits per heavy atom. The van der Waals surface area contributed by atoms with Crippen molar-refractivity contribution >= 4 is 88.1 Å². The van der Waals surface area contributed by atoms with Gasteiger partial charge in [0, 0.05) is 112 Å². The third-order valence-electron chi connectivity index (χ3n) is 21.4. The van der Waals surface area contributed by atoms with Crippen LogP contribution in [-0.2, 0) is 25.7 Å². The molecule has 638 valence electrons. The number of thiophene rings is 4. The number of aromatic hydroxyl groups is 12. The third-order valence-corrected chi connectivity index (χ3v) is 25.1. The summed E-state index contributed by atoms with van der Waals surface area (Å²) in [5.41, 5.74) is 18.6. The van der Waals surface area contributed by atoms with Gasteiger partial charge in [0.2, 0.25) is 23.5 Å². The predicted molar refractivity (Wildman–Crippen MR) is 508 cm³/mol. The van der Waals surface area contributed by atoms with E-state index in [4.69, 9.17) is 32.9 Å². The molecule has 0 amide bonds. The molecule has 28 heteroatoms. The lowest BCUT2D eigenvalue weighted by molar-refractivity contribution is 0.442. The van der Waals surface area contributed by atoms with Gasteiger partial charge in [-0.3, -0.25) is 17.6 Å². The van der Waals surface area contributed by atoms with Gasteiger partial charge in [0.25, 0.3) is 0 Å². The van der Waals surface area contributed by atoms with E-state index in [0.29, 0.717) is 117 Å². The fourth-order valence-electron chi connectivity index (χ4n) is 14.9. The van der Waals surface area contributed by atoms with Crippen molar-refractivity contribution in [1.82, 2.24) is 57.5 Å². The molecule has 22 rings (SSSR count). The monoisotopic (exact) mass is 1780 g/mol. The van der Waals surface area contributed by atoms with E-state index in [-0.39, 0.29) is 76.9 Å². The zero-order chi connectivity index (χ0) is 89.8. The molecule has 22 aromatic rings. The van der Waals surface area contributed by atoms with Crippen molar-refractivity contribution in [3.05, 3.63) is 358 Å². The van der Waals surface area contributed by atoms with Gasteiger partial charge in [-0.1, -0.05) is 98.4 Å². The third kappa shape index (κ3) is 17.5. The lowest BCUT2D eigenvalue weighted by Gasteiger charge is -2.08. The van der Waals surface area contributed by atoms with Gasteiger partial charge in [-0.2, -0.15) is 11.3 Å². The maximum absolute atomic E-state index is 11.1. The van der Waals surface area contributed by atoms with Crippen LogP contribution in [0.15, 0.2) is 313 Å². The normalized spacial score (nSPS) is 11.3. The highest BCUT2D eigenvalue weighted by atomic mass is 32.1. The molecule has 10 aromatic carbocycles. The van der Waals surface area contributed by atoms with Crippen LogP contribution in [0.2, 0.25) is 0 Å². The number of phenols is 8. The molecule has 0 radical (unpaired) electrons. The Morgan fingerprint density at radius 1 is 0.287 bits per heavy atom. The number of hydrogen-bond donors (Lipinski definition) is 12. The lowest BCUT2D eigenvalue weighted by Crippen LogP contribution is -1.96. The quantitative estimate of drug-likeness (QED) is 0.0427. The van der Waals surface area contributed by atoms with Crippen molar-refractivity contribution in [3.8, 4) is 158 Å². The van der Waals surface area contributed by atoms with Crippen molar-refractivity contribution in [3.63, 3.8) is 0 Å². The molecular weight excluding hydrogens is 1700 g/mol. The van der Waals surface area contributed by atoms with E-state index in [0.717, 1.165) is 85.6 Å². The number of benzene rings is 10. The van der Waals surface area contributed by atoms with E-state index in [9.17, 15) is 61.3 Å².